The van der Waals surface area contributed by atoms with Crippen molar-refractivity contribution in [2.45, 2.75) is 17.4 Å². The molecule has 2 rings (SSSR count). The Morgan fingerprint density at radius 3 is 2.76 bits per heavy atom. The van der Waals surface area contributed by atoms with Crippen LogP contribution >= 0.6 is 11.8 Å². The van der Waals surface area contributed by atoms with Crippen LogP contribution in [-0.4, -0.2) is 26.4 Å². The van der Waals surface area contributed by atoms with Crippen LogP contribution in [-0.2, 0) is 4.79 Å². The third kappa shape index (κ3) is 2.82. The fourth-order valence-electron chi connectivity index (χ4n) is 1.07. The van der Waals surface area contributed by atoms with Gasteiger partial charge in [-0.2, -0.15) is 0 Å². The topological polar surface area (TPSA) is 91.9 Å². The van der Waals surface area contributed by atoms with Crippen molar-refractivity contribution in [3.05, 3.63) is 24.5 Å². The van der Waals surface area contributed by atoms with E-state index < -0.39 is 11.2 Å². The van der Waals surface area contributed by atoms with Crippen molar-refractivity contribution in [2.24, 2.45) is 0 Å². The fourth-order valence-corrected chi connectivity index (χ4v) is 1.68. The quantitative estimate of drug-likeness (QED) is 0.723. The summed E-state index contributed by atoms with van der Waals surface area (Å²) in [4.78, 5) is 14.4. The van der Waals surface area contributed by atoms with E-state index in [-0.39, 0.29) is 5.22 Å². The van der Waals surface area contributed by atoms with Crippen LogP contribution in [0.4, 0.5) is 0 Å². The number of carboxylic acids is 1. The molecule has 1 atom stereocenters. The second-order valence-electron chi connectivity index (χ2n) is 3.19. The van der Waals surface area contributed by atoms with E-state index in [1.807, 2.05) is 0 Å². The molecule has 0 unspecified atom stereocenters. The Labute approximate surface area is 101 Å². The number of hydrogen-bond acceptors (Lipinski definition) is 7. The van der Waals surface area contributed by atoms with E-state index in [0.717, 1.165) is 17.3 Å². The smallest absolute Gasteiger partial charge is 0.277 e. The molecule has 7 heteroatoms. The van der Waals surface area contributed by atoms with Crippen LogP contribution in [0.5, 0.6) is 0 Å². The van der Waals surface area contributed by atoms with Gasteiger partial charge in [-0.15, -0.1) is 10.2 Å². The lowest BCUT2D eigenvalue weighted by Gasteiger charge is -2.07. The lowest BCUT2D eigenvalue weighted by atomic mass is 10.3. The summed E-state index contributed by atoms with van der Waals surface area (Å²) in [5, 5.41) is 17.6. The van der Waals surface area contributed by atoms with Gasteiger partial charge in [0.05, 0.1) is 11.2 Å². The number of nitrogens with zero attached hydrogens (tertiary/aromatic N) is 3. The lowest BCUT2D eigenvalue weighted by Crippen LogP contribution is -2.31. The molecule has 0 radical (unpaired) electrons. The molecule has 0 aliphatic heterocycles. The predicted molar refractivity (Wildman–Crippen MR) is 57.9 cm³/mol. The highest BCUT2D eigenvalue weighted by atomic mass is 32.2. The Morgan fingerprint density at radius 2 is 2.12 bits per heavy atom. The molecule has 0 spiro atoms. The van der Waals surface area contributed by atoms with E-state index in [0.29, 0.717) is 5.89 Å². The average molecular weight is 250 g/mol. The first-order chi connectivity index (χ1) is 8.16. The van der Waals surface area contributed by atoms with Gasteiger partial charge >= 0.3 is 0 Å². The van der Waals surface area contributed by atoms with E-state index in [1.54, 1.807) is 24.5 Å². The van der Waals surface area contributed by atoms with Gasteiger partial charge in [-0.25, -0.2) is 0 Å². The lowest BCUT2D eigenvalue weighted by molar-refractivity contribution is -0.304. The van der Waals surface area contributed by atoms with Gasteiger partial charge in [0, 0.05) is 18.0 Å². The molecule has 0 amide bonds. The van der Waals surface area contributed by atoms with Crippen molar-refractivity contribution in [2.75, 3.05) is 0 Å². The van der Waals surface area contributed by atoms with Gasteiger partial charge in [-0.3, -0.25) is 4.98 Å². The van der Waals surface area contributed by atoms with Crippen LogP contribution in [0, 0.1) is 0 Å². The molecule has 0 fully saturated rings. The zero-order valence-electron chi connectivity index (χ0n) is 8.86. The van der Waals surface area contributed by atoms with Crippen LogP contribution in [0.2, 0.25) is 0 Å². The number of thioether (sulfide) groups is 1. The zero-order chi connectivity index (χ0) is 12.3. The number of aromatic nitrogens is 3. The summed E-state index contributed by atoms with van der Waals surface area (Å²) < 4.78 is 5.31. The monoisotopic (exact) mass is 250 g/mol. The van der Waals surface area contributed by atoms with Gasteiger partial charge in [-0.1, -0.05) is 11.8 Å². The third-order valence-corrected chi connectivity index (χ3v) is 2.86. The summed E-state index contributed by atoms with van der Waals surface area (Å²) >= 11 is 0.949. The largest absolute Gasteiger partial charge is 0.549 e. The van der Waals surface area contributed by atoms with Crippen molar-refractivity contribution >= 4 is 17.7 Å². The molecule has 17 heavy (non-hydrogen) atoms. The normalized spacial score (nSPS) is 12.3. The van der Waals surface area contributed by atoms with Crippen molar-refractivity contribution in [3.63, 3.8) is 0 Å². The van der Waals surface area contributed by atoms with Gasteiger partial charge in [-0.05, 0) is 19.1 Å². The minimum Gasteiger partial charge on any atom is -0.549 e. The predicted octanol–water partition coefficient (Wildman–Crippen LogP) is 0.362. The number of aliphatic carboxylic acids is 1. The van der Waals surface area contributed by atoms with E-state index in [2.05, 4.69) is 15.2 Å². The molecule has 6 nitrogen and oxygen atoms in total. The summed E-state index contributed by atoms with van der Waals surface area (Å²) in [6, 6.07) is 3.45. The maximum absolute atomic E-state index is 10.6. The van der Waals surface area contributed by atoms with Gasteiger partial charge in [0.2, 0.25) is 5.89 Å². The second-order valence-corrected chi connectivity index (χ2v) is 4.48. The molecule has 0 aliphatic carbocycles. The molecule has 2 heterocycles. The average Bonchev–Trinajstić information content (AvgIpc) is 2.78. The number of carbonyl (C=O) groups is 1. The second kappa shape index (κ2) is 4.96. The van der Waals surface area contributed by atoms with Crippen LogP contribution in [0.25, 0.3) is 11.5 Å². The Morgan fingerprint density at radius 1 is 1.41 bits per heavy atom. The first-order valence-electron chi connectivity index (χ1n) is 4.78. The number of carboxylic acid groups (broad SMARTS) is 1. The first kappa shape index (κ1) is 11.6. The Hall–Kier alpha value is -1.89. The van der Waals surface area contributed by atoms with Crippen molar-refractivity contribution in [3.8, 4) is 11.5 Å². The molecule has 0 aromatic carbocycles. The van der Waals surface area contributed by atoms with E-state index in [1.165, 1.54) is 6.92 Å². The first-order valence-corrected chi connectivity index (χ1v) is 5.66. The van der Waals surface area contributed by atoms with Gasteiger partial charge in [0.25, 0.3) is 5.22 Å². The minimum absolute atomic E-state index is 0.202. The van der Waals surface area contributed by atoms with E-state index in [4.69, 9.17) is 4.42 Å². The maximum atomic E-state index is 10.6. The molecule has 88 valence electrons. The minimum atomic E-state index is -1.17. The van der Waals surface area contributed by atoms with Crippen molar-refractivity contribution in [1.82, 2.24) is 15.2 Å². The Kier molecular flexibility index (Phi) is 3.38. The van der Waals surface area contributed by atoms with Crippen LogP contribution in [0.3, 0.4) is 0 Å². The molecule has 0 aliphatic rings. The maximum Gasteiger partial charge on any atom is 0.277 e. The molecule has 0 bridgehead atoms. The molecule has 0 N–H and O–H groups in total. The summed E-state index contributed by atoms with van der Waals surface area (Å²) in [5.74, 6) is -0.834. The standard InChI is InChI=1S/C10H9N3O3S/c1-6(9(14)15)17-10-13-12-8(16-10)7-2-4-11-5-3-7/h2-6H,1H3,(H,14,15)/p-1/t6-/m1/s1. The van der Waals surface area contributed by atoms with Crippen molar-refractivity contribution < 1.29 is 14.3 Å². The SMILES string of the molecule is C[C@@H](Sc1nnc(-c2ccncc2)o1)C(=O)[O-]. The van der Waals surface area contributed by atoms with E-state index in [9.17, 15) is 9.90 Å². The molecule has 0 saturated heterocycles. The third-order valence-electron chi connectivity index (χ3n) is 1.94. The molecular formula is C10H8N3O3S-. The fraction of sp³-hybridized carbons (Fsp3) is 0.200. The number of pyridine rings is 1. The highest BCUT2D eigenvalue weighted by Crippen LogP contribution is 2.25. The number of rotatable bonds is 4. The van der Waals surface area contributed by atoms with Crippen LogP contribution in [0.15, 0.2) is 34.2 Å². The number of carbonyl (C=O) groups excluding carboxylic acids is 1. The van der Waals surface area contributed by atoms with Gasteiger partial charge < -0.3 is 14.3 Å². The van der Waals surface area contributed by atoms with Crippen molar-refractivity contribution in [1.29, 1.82) is 0 Å². The molecular weight excluding hydrogens is 242 g/mol. The zero-order valence-corrected chi connectivity index (χ0v) is 9.68. The summed E-state index contributed by atoms with van der Waals surface area (Å²) in [6.07, 6.45) is 3.21. The summed E-state index contributed by atoms with van der Waals surface area (Å²) in [6.45, 7) is 1.50. The summed E-state index contributed by atoms with van der Waals surface area (Å²) in [7, 11) is 0. The van der Waals surface area contributed by atoms with E-state index >= 15 is 0 Å². The Bertz CT molecular complexity index is 515. The highest BCUT2D eigenvalue weighted by molar-refractivity contribution is 8.00. The molecule has 2 aromatic rings. The van der Waals surface area contributed by atoms with Gasteiger partial charge in [0.1, 0.15) is 0 Å². The summed E-state index contributed by atoms with van der Waals surface area (Å²) in [5.41, 5.74) is 0.737. The Balaban J connectivity index is 2.14. The van der Waals surface area contributed by atoms with Gasteiger partial charge in [0.15, 0.2) is 0 Å². The molecule has 0 saturated carbocycles. The highest BCUT2D eigenvalue weighted by Gasteiger charge is 2.12. The number of hydrogen-bond donors (Lipinski definition) is 0. The van der Waals surface area contributed by atoms with Crippen LogP contribution in [0.1, 0.15) is 6.92 Å². The molecule has 2 aromatic heterocycles. The van der Waals surface area contributed by atoms with Crippen LogP contribution < -0.4 is 5.11 Å².